The second kappa shape index (κ2) is 10.0. The fourth-order valence-electron chi connectivity index (χ4n) is 3.77. The van der Waals surface area contributed by atoms with Crippen molar-refractivity contribution in [2.24, 2.45) is 0 Å². The maximum absolute atomic E-state index is 14.0. The number of aliphatic hydroxyl groups is 1. The van der Waals surface area contributed by atoms with E-state index in [2.05, 4.69) is 0 Å². The number of carboxylic acid groups (broad SMARTS) is 1. The molecule has 3 rings (SSSR count). The summed E-state index contributed by atoms with van der Waals surface area (Å²) in [6.45, 7) is 0.0996. The standard InChI is InChI=1S/C23H21FN2O7/c24-16-6-4-5-15(13-16)20-19(21(29)14-8-10-17(11-9-14)26(32)33)22(30)23(31)25(20)12-3-1-2-7-18(27)28/h4-6,8-11,13,20,29H,1-3,7,12H2,(H,27,28)/t20-/m0/s1. The van der Waals surface area contributed by atoms with E-state index in [1.807, 2.05) is 0 Å². The van der Waals surface area contributed by atoms with Gasteiger partial charge in [0.05, 0.1) is 16.5 Å². The lowest BCUT2D eigenvalue weighted by molar-refractivity contribution is -0.384. The largest absolute Gasteiger partial charge is 0.507 e. The monoisotopic (exact) mass is 456 g/mol. The first-order chi connectivity index (χ1) is 15.7. The minimum atomic E-state index is -1.06. The van der Waals surface area contributed by atoms with Crippen molar-refractivity contribution in [3.05, 3.63) is 81.2 Å². The Morgan fingerprint density at radius 2 is 1.76 bits per heavy atom. The molecule has 1 aliphatic rings. The first kappa shape index (κ1) is 23.6. The lowest BCUT2D eigenvalue weighted by Gasteiger charge is -2.25. The summed E-state index contributed by atoms with van der Waals surface area (Å²) in [5.74, 6) is -3.87. The van der Waals surface area contributed by atoms with Gasteiger partial charge in [-0.1, -0.05) is 18.6 Å². The number of Topliss-reactive ketones (excluding diaryl/α,β-unsaturated/α-hetero) is 1. The summed E-state index contributed by atoms with van der Waals surface area (Å²) in [6, 6.07) is 9.09. The van der Waals surface area contributed by atoms with Crippen molar-refractivity contribution in [2.75, 3.05) is 6.54 Å². The number of rotatable bonds is 9. The number of aliphatic carboxylic acids is 1. The van der Waals surface area contributed by atoms with Gasteiger partial charge in [0.25, 0.3) is 17.4 Å². The fraction of sp³-hybridized carbons (Fsp3) is 0.261. The van der Waals surface area contributed by atoms with Gasteiger partial charge in [0, 0.05) is 30.7 Å². The Bertz CT molecular complexity index is 1130. The van der Waals surface area contributed by atoms with E-state index in [1.165, 1.54) is 35.2 Å². The molecule has 172 valence electrons. The maximum Gasteiger partial charge on any atom is 0.303 e. The van der Waals surface area contributed by atoms with Crippen LogP contribution in [0.25, 0.3) is 5.76 Å². The summed E-state index contributed by atoms with van der Waals surface area (Å²) in [5, 5.41) is 30.5. The number of nitrogens with zero attached hydrogens (tertiary/aromatic N) is 2. The van der Waals surface area contributed by atoms with E-state index in [0.29, 0.717) is 19.3 Å². The number of ketones is 1. The molecule has 0 aliphatic carbocycles. The van der Waals surface area contributed by atoms with Crippen molar-refractivity contribution in [3.8, 4) is 0 Å². The number of amides is 1. The number of hydrogen-bond acceptors (Lipinski definition) is 6. The average molecular weight is 456 g/mol. The van der Waals surface area contributed by atoms with E-state index in [1.54, 1.807) is 0 Å². The second-order valence-electron chi connectivity index (χ2n) is 7.56. The number of carboxylic acids is 1. The molecule has 1 atom stereocenters. The number of halogens is 1. The van der Waals surface area contributed by atoms with E-state index >= 15 is 0 Å². The Morgan fingerprint density at radius 3 is 2.36 bits per heavy atom. The maximum atomic E-state index is 14.0. The van der Waals surface area contributed by atoms with Crippen molar-refractivity contribution >= 4 is 29.1 Å². The van der Waals surface area contributed by atoms with Crippen molar-refractivity contribution in [1.29, 1.82) is 0 Å². The first-order valence-corrected chi connectivity index (χ1v) is 10.2. The van der Waals surface area contributed by atoms with Gasteiger partial charge >= 0.3 is 5.97 Å². The Kier molecular flexibility index (Phi) is 7.17. The molecule has 1 fully saturated rings. The molecule has 1 heterocycles. The molecule has 0 unspecified atom stereocenters. The van der Waals surface area contributed by atoms with Gasteiger partial charge < -0.3 is 15.1 Å². The van der Waals surface area contributed by atoms with Gasteiger partial charge in [0.15, 0.2) is 0 Å². The highest BCUT2D eigenvalue weighted by Gasteiger charge is 2.45. The third-order valence-corrected chi connectivity index (χ3v) is 5.35. The van der Waals surface area contributed by atoms with Crippen LogP contribution in [0.4, 0.5) is 10.1 Å². The minimum Gasteiger partial charge on any atom is -0.507 e. The van der Waals surface area contributed by atoms with E-state index < -0.39 is 40.2 Å². The van der Waals surface area contributed by atoms with Crippen LogP contribution < -0.4 is 0 Å². The molecular formula is C23H21FN2O7. The minimum absolute atomic E-state index is 0.0215. The molecule has 0 aromatic heterocycles. The van der Waals surface area contributed by atoms with Crippen LogP contribution in [0, 0.1) is 15.9 Å². The van der Waals surface area contributed by atoms with Crippen molar-refractivity contribution < 1.29 is 33.9 Å². The smallest absolute Gasteiger partial charge is 0.303 e. The summed E-state index contributed by atoms with van der Waals surface area (Å²) in [6.07, 6.45) is 1.27. The van der Waals surface area contributed by atoms with Crippen LogP contribution in [-0.4, -0.2) is 44.2 Å². The summed E-state index contributed by atoms with van der Waals surface area (Å²) < 4.78 is 14.0. The van der Waals surface area contributed by atoms with Gasteiger partial charge in [0.2, 0.25) is 0 Å². The van der Waals surface area contributed by atoms with Crippen LogP contribution in [0.2, 0.25) is 0 Å². The molecule has 2 aromatic rings. The number of nitro benzene ring substituents is 1. The van der Waals surface area contributed by atoms with Gasteiger partial charge in [-0.15, -0.1) is 0 Å². The Morgan fingerprint density at radius 1 is 1.06 bits per heavy atom. The van der Waals surface area contributed by atoms with Crippen LogP contribution in [0.15, 0.2) is 54.1 Å². The Hall–Kier alpha value is -4.08. The molecule has 0 spiro atoms. The lowest BCUT2D eigenvalue weighted by Crippen LogP contribution is -2.30. The molecule has 1 saturated heterocycles. The molecule has 0 radical (unpaired) electrons. The molecular weight excluding hydrogens is 435 g/mol. The molecule has 2 N–H and O–H groups in total. The number of nitro groups is 1. The van der Waals surface area contributed by atoms with Crippen molar-refractivity contribution in [2.45, 2.75) is 31.7 Å². The molecule has 10 heteroatoms. The number of aliphatic hydroxyl groups excluding tert-OH is 1. The molecule has 9 nitrogen and oxygen atoms in total. The molecule has 0 bridgehead atoms. The van der Waals surface area contributed by atoms with E-state index in [9.17, 15) is 34.0 Å². The van der Waals surface area contributed by atoms with Crippen LogP contribution in [-0.2, 0) is 14.4 Å². The number of likely N-dealkylation sites (tertiary alicyclic amines) is 1. The number of carbonyl (C=O) groups excluding carboxylic acids is 2. The quantitative estimate of drug-likeness (QED) is 0.146. The van der Waals surface area contributed by atoms with Crippen LogP contribution in [0.5, 0.6) is 0 Å². The van der Waals surface area contributed by atoms with E-state index in [-0.39, 0.29) is 35.4 Å². The molecule has 2 aromatic carbocycles. The Labute approximate surface area is 187 Å². The summed E-state index contributed by atoms with van der Waals surface area (Å²) >= 11 is 0. The predicted octanol–water partition coefficient (Wildman–Crippen LogP) is 3.80. The third kappa shape index (κ3) is 5.22. The SMILES string of the molecule is O=C(O)CCCCCN1C(=O)C(=O)C(=C(O)c2ccc([N+](=O)[O-])cc2)[C@@H]1c1cccc(F)c1. The highest BCUT2D eigenvalue weighted by Crippen LogP contribution is 2.39. The summed E-state index contributed by atoms with van der Waals surface area (Å²) in [5.41, 5.74) is -0.0790. The van der Waals surface area contributed by atoms with Crippen LogP contribution in [0.3, 0.4) is 0 Å². The highest BCUT2D eigenvalue weighted by atomic mass is 19.1. The van der Waals surface area contributed by atoms with Crippen molar-refractivity contribution in [3.63, 3.8) is 0 Å². The first-order valence-electron chi connectivity index (χ1n) is 10.2. The van der Waals surface area contributed by atoms with E-state index in [0.717, 1.165) is 18.2 Å². The van der Waals surface area contributed by atoms with Crippen molar-refractivity contribution in [1.82, 2.24) is 4.90 Å². The van der Waals surface area contributed by atoms with Gasteiger partial charge in [-0.25, -0.2) is 4.39 Å². The normalized spacial score (nSPS) is 17.4. The number of unbranched alkanes of at least 4 members (excludes halogenated alkanes) is 2. The molecule has 0 saturated carbocycles. The van der Waals surface area contributed by atoms with E-state index in [4.69, 9.17) is 5.11 Å². The number of hydrogen-bond donors (Lipinski definition) is 2. The van der Waals surface area contributed by atoms with Crippen LogP contribution in [0.1, 0.15) is 42.9 Å². The molecule has 1 aliphatic heterocycles. The van der Waals surface area contributed by atoms with Crippen LogP contribution >= 0.6 is 0 Å². The lowest BCUT2D eigenvalue weighted by atomic mass is 9.95. The predicted molar refractivity (Wildman–Crippen MR) is 115 cm³/mol. The zero-order chi connectivity index (χ0) is 24.1. The zero-order valence-corrected chi connectivity index (χ0v) is 17.4. The Balaban J connectivity index is 1.99. The number of non-ortho nitro benzene ring substituents is 1. The second-order valence-corrected chi connectivity index (χ2v) is 7.56. The summed E-state index contributed by atoms with van der Waals surface area (Å²) in [4.78, 5) is 47.8. The van der Waals surface area contributed by atoms with Gasteiger partial charge in [-0.05, 0) is 42.7 Å². The highest BCUT2D eigenvalue weighted by molar-refractivity contribution is 6.46. The third-order valence-electron chi connectivity index (χ3n) is 5.35. The zero-order valence-electron chi connectivity index (χ0n) is 17.4. The average Bonchev–Trinajstić information content (AvgIpc) is 3.03. The topological polar surface area (TPSA) is 138 Å². The van der Waals surface area contributed by atoms with Gasteiger partial charge in [-0.3, -0.25) is 24.5 Å². The number of benzene rings is 2. The fourth-order valence-corrected chi connectivity index (χ4v) is 3.77. The summed E-state index contributed by atoms with van der Waals surface area (Å²) in [7, 11) is 0. The molecule has 33 heavy (non-hydrogen) atoms. The number of carbonyl (C=O) groups is 3. The molecule has 1 amide bonds. The van der Waals surface area contributed by atoms with Gasteiger partial charge in [0.1, 0.15) is 11.6 Å². The van der Waals surface area contributed by atoms with Gasteiger partial charge in [-0.2, -0.15) is 0 Å².